The molecule has 0 heterocycles. The van der Waals surface area contributed by atoms with Crippen LogP contribution in [0, 0.1) is 11.3 Å². The summed E-state index contributed by atoms with van der Waals surface area (Å²) in [5.74, 6) is -1.75. The Morgan fingerprint density at radius 3 is 2.48 bits per heavy atom. The first-order valence-electron chi connectivity index (χ1n) is 6.66. The third-order valence-corrected chi connectivity index (χ3v) is 2.97. The fourth-order valence-corrected chi connectivity index (χ4v) is 1.97. The van der Waals surface area contributed by atoms with Crippen molar-refractivity contribution in [2.75, 3.05) is 13.1 Å². The highest BCUT2D eigenvalue weighted by Crippen LogP contribution is 2.09. The number of nitrogens with zero attached hydrogens (tertiary/aromatic N) is 2. The van der Waals surface area contributed by atoms with Crippen LogP contribution in [0.4, 0.5) is 0 Å². The molecule has 21 heavy (non-hydrogen) atoms. The molecule has 0 saturated heterocycles. The van der Waals surface area contributed by atoms with Gasteiger partial charge < -0.3 is 10.2 Å². The summed E-state index contributed by atoms with van der Waals surface area (Å²) in [6.45, 7) is 1.37. The van der Waals surface area contributed by atoms with E-state index in [1.54, 1.807) is 18.2 Å². The zero-order chi connectivity index (χ0) is 15.7. The van der Waals surface area contributed by atoms with E-state index in [2.05, 4.69) is 6.07 Å². The maximum Gasteiger partial charge on any atom is 0.304 e. The van der Waals surface area contributed by atoms with E-state index in [1.807, 2.05) is 11.0 Å². The van der Waals surface area contributed by atoms with Gasteiger partial charge in [0, 0.05) is 19.5 Å². The van der Waals surface area contributed by atoms with Crippen LogP contribution in [-0.2, 0) is 16.1 Å². The van der Waals surface area contributed by atoms with Gasteiger partial charge in [-0.2, -0.15) is 5.26 Å². The van der Waals surface area contributed by atoms with E-state index in [0.717, 1.165) is 5.56 Å². The minimum absolute atomic E-state index is 0.00497. The number of carboxylic acid groups (broad SMARTS) is 2. The molecule has 1 aromatic rings. The number of rotatable bonds is 9. The highest BCUT2D eigenvalue weighted by atomic mass is 16.4. The third-order valence-electron chi connectivity index (χ3n) is 2.97. The topological polar surface area (TPSA) is 102 Å². The zero-order valence-corrected chi connectivity index (χ0v) is 11.7. The SMILES string of the molecule is N#Cc1cccc(CN(CCCC(=O)O)CCC(=O)O)c1. The Labute approximate surface area is 123 Å². The Morgan fingerprint density at radius 2 is 1.86 bits per heavy atom. The standard InChI is InChI=1S/C15H18N2O4/c16-10-12-3-1-4-13(9-12)11-17(8-6-15(20)21)7-2-5-14(18)19/h1,3-4,9H,2,5-8,11H2,(H,18,19)(H,20,21). The van der Waals surface area contributed by atoms with Gasteiger partial charge in [-0.3, -0.25) is 14.5 Å². The predicted octanol–water partition coefficient (Wildman–Crippen LogP) is 1.70. The van der Waals surface area contributed by atoms with Gasteiger partial charge in [0.25, 0.3) is 0 Å². The molecule has 0 aliphatic heterocycles. The number of aliphatic carboxylic acids is 2. The number of benzene rings is 1. The quantitative estimate of drug-likeness (QED) is 0.717. The van der Waals surface area contributed by atoms with Gasteiger partial charge in [0.05, 0.1) is 18.1 Å². The van der Waals surface area contributed by atoms with E-state index in [0.29, 0.717) is 31.6 Å². The van der Waals surface area contributed by atoms with Gasteiger partial charge in [0.2, 0.25) is 0 Å². The van der Waals surface area contributed by atoms with Crippen LogP contribution in [0.5, 0.6) is 0 Å². The molecule has 6 nitrogen and oxygen atoms in total. The Hall–Kier alpha value is -2.39. The number of hydrogen-bond acceptors (Lipinski definition) is 4. The molecule has 0 aliphatic carbocycles. The van der Waals surface area contributed by atoms with Crippen molar-refractivity contribution >= 4 is 11.9 Å². The first kappa shape index (κ1) is 16.7. The molecule has 0 fully saturated rings. The molecule has 1 rings (SSSR count). The summed E-state index contributed by atoms with van der Waals surface area (Å²) in [5, 5.41) is 26.3. The molecule has 0 radical (unpaired) electrons. The summed E-state index contributed by atoms with van der Waals surface area (Å²) >= 11 is 0. The van der Waals surface area contributed by atoms with E-state index < -0.39 is 11.9 Å². The normalized spacial score (nSPS) is 10.3. The van der Waals surface area contributed by atoms with Crippen LogP contribution in [-0.4, -0.2) is 40.1 Å². The molecule has 1 aromatic carbocycles. The van der Waals surface area contributed by atoms with Crippen LogP contribution in [0.25, 0.3) is 0 Å². The number of carbonyl (C=O) groups is 2. The molecule has 0 aliphatic rings. The molecule has 0 bridgehead atoms. The van der Waals surface area contributed by atoms with Gasteiger partial charge in [-0.25, -0.2) is 0 Å². The van der Waals surface area contributed by atoms with Gasteiger partial charge in [-0.15, -0.1) is 0 Å². The monoisotopic (exact) mass is 290 g/mol. The average molecular weight is 290 g/mol. The highest BCUT2D eigenvalue weighted by molar-refractivity contribution is 5.67. The lowest BCUT2D eigenvalue weighted by Crippen LogP contribution is -2.27. The number of carboxylic acids is 2. The van der Waals surface area contributed by atoms with E-state index in [4.69, 9.17) is 15.5 Å². The van der Waals surface area contributed by atoms with Crippen LogP contribution in [0.3, 0.4) is 0 Å². The smallest absolute Gasteiger partial charge is 0.304 e. The maximum absolute atomic E-state index is 10.7. The lowest BCUT2D eigenvalue weighted by molar-refractivity contribution is -0.138. The minimum Gasteiger partial charge on any atom is -0.481 e. The molecule has 0 atom stereocenters. The maximum atomic E-state index is 10.7. The van der Waals surface area contributed by atoms with Crippen LogP contribution < -0.4 is 0 Å². The van der Waals surface area contributed by atoms with Gasteiger partial charge in [0.1, 0.15) is 0 Å². The summed E-state index contributed by atoms with van der Waals surface area (Å²) in [6, 6.07) is 9.16. The van der Waals surface area contributed by atoms with Crippen molar-refractivity contribution in [1.29, 1.82) is 5.26 Å². The minimum atomic E-state index is -0.885. The van der Waals surface area contributed by atoms with Crippen molar-refractivity contribution in [3.63, 3.8) is 0 Å². The summed E-state index contributed by atoms with van der Waals surface area (Å²) < 4.78 is 0. The van der Waals surface area contributed by atoms with Gasteiger partial charge in [-0.1, -0.05) is 12.1 Å². The van der Waals surface area contributed by atoms with Crippen molar-refractivity contribution in [2.24, 2.45) is 0 Å². The van der Waals surface area contributed by atoms with Crippen molar-refractivity contribution in [3.05, 3.63) is 35.4 Å². The number of hydrogen-bond donors (Lipinski definition) is 2. The fourth-order valence-electron chi connectivity index (χ4n) is 1.97. The van der Waals surface area contributed by atoms with Crippen molar-refractivity contribution in [2.45, 2.75) is 25.8 Å². The van der Waals surface area contributed by atoms with Crippen LogP contribution >= 0.6 is 0 Å². The van der Waals surface area contributed by atoms with E-state index in [-0.39, 0.29) is 12.8 Å². The summed E-state index contributed by atoms with van der Waals surface area (Å²) in [4.78, 5) is 23.1. The van der Waals surface area contributed by atoms with Gasteiger partial charge in [0.15, 0.2) is 0 Å². The Morgan fingerprint density at radius 1 is 1.14 bits per heavy atom. The fraction of sp³-hybridized carbons (Fsp3) is 0.400. The summed E-state index contributed by atoms with van der Waals surface area (Å²) in [5.41, 5.74) is 1.46. The molecule has 6 heteroatoms. The predicted molar refractivity (Wildman–Crippen MR) is 75.6 cm³/mol. The Bertz CT molecular complexity index is 537. The first-order valence-corrected chi connectivity index (χ1v) is 6.66. The van der Waals surface area contributed by atoms with Crippen LogP contribution in [0.2, 0.25) is 0 Å². The van der Waals surface area contributed by atoms with E-state index in [1.165, 1.54) is 0 Å². The van der Waals surface area contributed by atoms with Crippen molar-refractivity contribution in [3.8, 4) is 6.07 Å². The van der Waals surface area contributed by atoms with Gasteiger partial charge in [-0.05, 0) is 30.7 Å². The molecule has 0 spiro atoms. The average Bonchev–Trinajstić information content (AvgIpc) is 2.44. The van der Waals surface area contributed by atoms with Crippen LogP contribution in [0.1, 0.15) is 30.4 Å². The molecular weight excluding hydrogens is 272 g/mol. The first-order chi connectivity index (χ1) is 10.0. The molecule has 0 amide bonds. The molecule has 112 valence electrons. The second-order valence-electron chi connectivity index (χ2n) is 4.73. The molecule has 0 saturated carbocycles. The summed E-state index contributed by atoms with van der Waals surface area (Å²) in [7, 11) is 0. The second-order valence-corrected chi connectivity index (χ2v) is 4.73. The van der Waals surface area contributed by atoms with Gasteiger partial charge >= 0.3 is 11.9 Å². The van der Waals surface area contributed by atoms with Crippen molar-refractivity contribution in [1.82, 2.24) is 4.90 Å². The molecule has 2 N–H and O–H groups in total. The Kier molecular flexibility index (Phi) is 6.92. The Balaban J connectivity index is 2.63. The molecule has 0 aromatic heterocycles. The van der Waals surface area contributed by atoms with E-state index >= 15 is 0 Å². The largest absolute Gasteiger partial charge is 0.481 e. The second kappa shape index (κ2) is 8.72. The molecular formula is C15H18N2O4. The third kappa shape index (κ3) is 7.09. The van der Waals surface area contributed by atoms with Crippen LogP contribution in [0.15, 0.2) is 24.3 Å². The lowest BCUT2D eigenvalue weighted by Gasteiger charge is -2.21. The number of nitriles is 1. The molecule has 0 unspecified atom stereocenters. The highest BCUT2D eigenvalue weighted by Gasteiger charge is 2.10. The summed E-state index contributed by atoms with van der Waals surface area (Å²) in [6.07, 6.45) is 0.527. The van der Waals surface area contributed by atoms with Crippen molar-refractivity contribution < 1.29 is 19.8 Å². The van der Waals surface area contributed by atoms with E-state index in [9.17, 15) is 9.59 Å². The zero-order valence-electron chi connectivity index (χ0n) is 11.7. The lowest BCUT2D eigenvalue weighted by atomic mass is 10.1.